The summed E-state index contributed by atoms with van der Waals surface area (Å²) in [5.74, 6) is -0.113. The normalized spacial score (nSPS) is 18.8. The van der Waals surface area contributed by atoms with Gasteiger partial charge in [0, 0.05) is 6.20 Å². The SMILES string of the molecule is CCOC(=O)C1CC=C(c2ncc(C)cc2N)CC1. The lowest BCUT2D eigenvalue weighted by Gasteiger charge is -2.20. The van der Waals surface area contributed by atoms with Crippen molar-refractivity contribution in [2.45, 2.75) is 33.1 Å². The number of aromatic nitrogens is 1. The lowest BCUT2D eigenvalue weighted by Crippen LogP contribution is -2.19. The van der Waals surface area contributed by atoms with Gasteiger partial charge in [0.15, 0.2) is 0 Å². The van der Waals surface area contributed by atoms with Gasteiger partial charge in [0.05, 0.1) is 23.9 Å². The fourth-order valence-corrected chi connectivity index (χ4v) is 2.38. The highest BCUT2D eigenvalue weighted by molar-refractivity contribution is 5.77. The van der Waals surface area contributed by atoms with Crippen molar-refractivity contribution in [1.82, 2.24) is 4.98 Å². The van der Waals surface area contributed by atoms with Crippen molar-refractivity contribution in [2.24, 2.45) is 5.92 Å². The number of esters is 1. The number of nitrogen functional groups attached to an aromatic ring is 1. The molecule has 2 N–H and O–H groups in total. The number of ether oxygens (including phenoxy) is 1. The highest BCUT2D eigenvalue weighted by atomic mass is 16.5. The monoisotopic (exact) mass is 260 g/mol. The second kappa shape index (κ2) is 5.87. The van der Waals surface area contributed by atoms with Crippen LogP contribution in [-0.2, 0) is 9.53 Å². The molecule has 1 heterocycles. The Labute approximate surface area is 113 Å². The number of nitrogens with zero attached hydrogens (tertiary/aromatic N) is 1. The summed E-state index contributed by atoms with van der Waals surface area (Å²) in [6.07, 6.45) is 6.23. The number of hydrogen-bond donors (Lipinski definition) is 1. The Hall–Kier alpha value is -1.84. The third-order valence-electron chi connectivity index (χ3n) is 3.39. The van der Waals surface area contributed by atoms with Crippen LogP contribution in [0.3, 0.4) is 0 Å². The van der Waals surface area contributed by atoms with Crippen LogP contribution in [0.15, 0.2) is 18.3 Å². The topological polar surface area (TPSA) is 65.2 Å². The average Bonchev–Trinajstić information content (AvgIpc) is 2.39. The van der Waals surface area contributed by atoms with Gasteiger partial charge in [0.2, 0.25) is 0 Å². The molecule has 0 bridgehead atoms. The predicted octanol–water partition coefficient (Wildman–Crippen LogP) is 2.72. The third-order valence-corrected chi connectivity index (χ3v) is 3.39. The van der Waals surface area contributed by atoms with Crippen molar-refractivity contribution in [3.05, 3.63) is 29.6 Å². The van der Waals surface area contributed by atoms with E-state index in [0.29, 0.717) is 18.7 Å². The van der Waals surface area contributed by atoms with Gasteiger partial charge in [-0.25, -0.2) is 0 Å². The zero-order chi connectivity index (χ0) is 13.8. The Morgan fingerprint density at radius 2 is 2.37 bits per heavy atom. The first-order valence-corrected chi connectivity index (χ1v) is 6.70. The molecule has 1 atom stereocenters. The number of carbonyl (C=O) groups excluding carboxylic acids is 1. The zero-order valence-electron chi connectivity index (χ0n) is 11.5. The largest absolute Gasteiger partial charge is 0.466 e. The van der Waals surface area contributed by atoms with E-state index in [4.69, 9.17) is 10.5 Å². The van der Waals surface area contributed by atoms with Gasteiger partial charge in [0.25, 0.3) is 0 Å². The number of aryl methyl sites for hydroxylation is 1. The van der Waals surface area contributed by atoms with Crippen LogP contribution in [-0.4, -0.2) is 17.6 Å². The van der Waals surface area contributed by atoms with E-state index in [1.165, 1.54) is 0 Å². The van der Waals surface area contributed by atoms with Crippen LogP contribution in [0.5, 0.6) is 0 Å². The first-order valence-electron chi connectivity index (χ1n) is 6.70. The summed E-state index contributed by atoms with van der Waals surface area (Å²) in [5.41, 5.74) is 9.76. The van der Waals surface area contributed by atoms with Gasteiger partial charge in [-0.1, -0.05) is 6.08 Å². The maximum atomic E-state index is 11.7. The summed E-state index contributed by atoms with van der Waals surface area (Å²) in [4.78, 5) is 16.1. The quantitative estimate of drug-likeness (QED) is 0.849. The minimum Gasteiger partial charge on any atom is -0.466 e. The second-order valence-corrected chi connectivity index (χ2v) is 4.90. The van der Waals surface area contributed by atoms with Gasteiger partial charge in [0.1, 0.15) is 0 Å². The molecular weight excluding hydrogens is 240 g/mol. The Morgan fingerprint density at radius 3 is 2.95 bits per heavy atom. The molecule has 102 valence electrons. The van der Waals surface area contributed by atoms with Crippen LogP contribution in [0.25, 0.3) is 5.57 Å². The van der Waals surface area contributed by atoms with E-state index >= 15 is 0 Å². The number of anilines is 1. The van der Waals surface area contributed by atoms with Gasteiger partial charge >= 0.3 is 5.97 Å². The van der Waals surface area contributed by atoms with Crippen molar-refractivity contribution in [3.63, 3.8) is 0 Å². The van der Waals surface area contributed by atoms with Crippen LogP contribution < -0.4 is 5.73 Å². The van der Waals surface area contributed by atoms with Crippen molar-refractivity contribution in [1.29, 1.82) is 0 Å². The lowest BCUT2D eigenvalue weighted by atomic mass is 9.88. The summed E-state index contributed by atoms with van der Waals surface area (Å²) >= 11 is 0. The molecule has 0 saturated heterocycles. The fourth-order valence-electron chi connectivity index (χ4n) is 2.38. The molecular formula is C15H20N2O2. The zero-order valence-corrected chi connectivity index (χ0v) is 11.5. The molecule has 0 aromatic carbocycles. The fraction of sp³-hybridized carbons (Fsp3) is 0.467. The molecule has 0 saturated carbocycles. The maximum Gasteiger partial charge on any atom is 0.309 e. The Bertz CT molecular complexity index is 509. The summed E-state index contributed by atoms with van der Waals surface area (Å²) < 4.78 is 5.05. The van der Waals surface area contributed by atoms with Crippen molar-refractivity contribution in [3.8, 4) is 0 Å². The molecule has 0 aliphatic heterocycles. The van der Waals surface area contributed by atoms with E-state index in [1.54, 1.807) is 0 Å². The third kappa shape index (κ3) is 3.13. The van der Waals surface area contributed by atoms with E-state index in [-0.39, 0.29) is 11.9 Å². The second-order valence-electron chi connectivity index (χ2n) is 4.90. The number of pyridine rings is 1. The molecule has 4 nitrogen and oxygen atoms in total. The molecule has 1 unspecified atom stereocenters. The summed E-state index contributed by atoms with van der Waals surface area (Å²) in [6.45, 7) is 4.25. The van der Waals surface area contributed by atoms with Gasteiger partial charge in [-0.15, -0.1) is 0 Å². The molecule has 4 heteroatoms. The Balaban J connectivity index is 2.10. The van der Waals surface area contributed by atoms with Crippen molar-refractivity contribution < 1.29 is 9.53 Å². The van der Waals surface area contributed by atoms with E-state index in [9.17, 15) is 4.79 Å². The molecule has 1 aliphatic carbocycles. The predicted molar refractivity (Wildman–Crippen MR) is 75.3 cm³/mol. The van der Waals surface area contributed by atoms with Crippen LogP contribution in [0, 0.1) is 12.8 Å². The number of nitrogens with two attached hydrogens (primary N) is 1. The van der Waals surface area contributed by atoms with Gasteiger partial charge in [-0.3, -0.25) is 9.78 Å². The molecule has 1 aromatic rings. The van der Waals surface area contributed by atoms with Crippen LogP contribution in [0.2, 0.25) is 0 Å². The number of hydrogen-bond acceptors (Lipinski definition) is 4. The van der Waals surface area contributed by atoms with Gasteiger partial charge in [-0.05, 0) is 50.3 Å². The van der Waals surface area contributed by atoms with E-state index in [0.717, 1.165) is 29.7 Å². The highest BCUT2D eigenvalue weighted by Gasteiger charge is 2.24. The van der Waals surface area contributed by atoms with Crippen LogP contribution in [0.4, 0.5) is 5.69 Å². The summed E-state index contributed by atoms with van der Waals surface area (Å²) in [7, 11) is 0. The molecule has 19 heavy (non-hydrogen) atoms. The summed E-state index contributed by atoms with van der Waals surface area (Å²) in [6, 6.07) is 1.93. The number of allylic oxidation sites excluding steroid dienone is 2. The smallest absolute Gasteiger partial charge is 0.309 e. The first-order chi connectivity index (χ1) is 9.11. The van der Waals surface area contributed by atoms with E-state index < -0.39 is 0 Å². The highest BCUT2D eigenvalue weighted by Crippen LogP contribution is 2.32. The average molecular weight is 260 g/mol. The Kier molecular flexibility index (Phi) is 4.20. The van der Waals surface area contributed by atoms with E-state index in [2.05, 4.69) is 11.1 Å². The molecule has 0 radical (unpaired) electrons. The molecule has 0 amide bonds. The van der Waals surface area contributed by atoms with Crippen LogP contribution in [0.1, 0.15) is 37.4 Å². The number of rotatable bonds is 3. The van der Waals surface area contributed by atoms with Gasteiger partial charge < -0.3 is 10.5 Å². The first kappa shape index (κ1) is 13.6. The summed E-state index contributed by atoms with van der Waals surface area (Å²) in [5, 5.41) is 0. The van der Waals surface area contributed by atoms with Crippen LogP contribution >= 0.6 is 0 Å². The molecule has 0 spiro atoms. The van der Waals surface area contributed by atoms with Gasteiger partial charge in [-0.2, -0.15) is 0 Å². The molecule has 0 fully saturated rings. The van der Waals surface area contributed by atoms with Crippen molar-refractivity contribution >= 4 is 17.2 Å². The maximum absolute atomic E-state index is 11.7. The minimum atomic E-state index is -0.0948. The number of carbonyl (C=O) groups is 1. The van der Waals surface area contributed by atoms with Crippen molar-refractivity contribution in [2.75, 3.05) is 12.3 Å². The van der Waals surface area contributed by atoms with E-state index in [1.807, 2.05) is 26.1 Å². The lowest BCUT2D eigenvalue weighted by molar-refractivity contribution is -0.148. The molecule has 2 rings (SSSR count). The minimum absolute atomic E-state index is 0.0182. The Morgan fingerprint density at radius 1 is 1.58 bits per heavy atom. The molecule has 1 aliphatic rings. The standard InChI is InChI=1S/C15H20N2O2/c1-3-19-15(18)12-6-4-11(5-7-12)14-13(16)8-10(2)9-17-14/h4,8-9,12H,3,5-7,16H2,1-2H3. The molecule has 1 aromatic heterocycles.